The number of benzene rings is 1. The van der Waals surface area contributed by atoms with E-state index in [1.807, 2.05) is 32.6 Å². The predicted octanol–water partition coefficient (Wildman–Crippen LogP) is 4.41. The number of halogens is 1. The Balaban J connectivity index is 1.40. The number of hydrogen-bond donors (Lipinski definition) is 2. The molecule has 0 spiro atoms. The van der Waals surface area contributed by atoms with Gasteiger partial charge in [0.2, 0.25) is 0 Å². The van der Waals surface area contributed by atoms with Crippen molar-refractivity contribution in [3.05, 3.63) is 78.1 Å². The van der Waals surface area contributed by atoms with Crippen LogP contribution in [0.3, 0.4) is 0 Å². The van der Waals surface area contributed by atoms with Crippen molar-refractivity contribution in [2.75, 3.05) is 26.1 Å². The van der Waals surface area contributed by atoms with E-state index in [0.717, 1.165) is 34.9 Å². The minimum Gasteiger partial charge on any atom is -0.337 e. The van der Waals surface area contributed by atoms with Gasteiger partial charge in [0.05, 0.1) is 22.3 Å². The number of aromatic amines is 2. The van der Waals surface area contributed by atoms with Crippen molar-refractivity contribution in [1.82, 2.24) is 40.0 Å². The molecule has 5 heterocycles. The Kier molecular flexibility index (Phi) is 6.80. The van der Waals surface area contributed by atoms with Crippen molar-refractivity contribution in [2.24, 2.45) is 0 Å². The Bertz CT molecular complexity index is 2020. The highest BCUT2D eigenvalue weighted by atomic mass is 32.2. The third kappa shape index (κ3) is 5.70. The lowest BCUT2D eigenvalue weighted by molar-refractivity contribution is 0.402. The highest BCUT2D eigenvalue weighted by Gasteiger charge is 2.18. The SMILES string of the molecule is CN(C)Cc1cncc(-c2cnc3n[nH]c(-c4nc5c(-c6cc(F)cc(CCS(C)(=O)=O)c6)nccc5[nH]4)c3c2)c1. The van der Waals surface area contributed by atoms with Gasteiger partial charge < -0.3 is 9.88 Å². The molecule has 0 bridgehead atoms. The minimum absolute atomic E-state index is 0.0704. The fourth-order valence-corrected chi connectivity index (χ4v) is 5.44. The summed E-state index contributed by atoms with van der Waals surface area (Å²) >= 11 is 0. The summed E-state index contributed by atoms with van der Waals surface area (Å²) < 4.78 is 37.9. The number of fused-ring (bicyclic) bond motifs is 2. The second kappa shape index (κ2) is 10.5. The number of sulfone groups is 1. The normalized spacial score (nSPS) is 12.1. The highest BCUT2D eigenvalue weighted by Crippen LogP contribution is 2.32. The predicted molar refractivity (Wildman–Crippen MR) is 156 cm³/mol. The van der Waals surface area contributed by atoms with Crippen LogP contribution in [0.2, 0.25) is 0 Å². The molecule has 1 aromatic carbocycles. The van der Waals surface area contributed by atoms with E-state index >= 15 is 0 Å². The molecule has 0 aliphatic heterocycles. The van der Waals surface area contributed by atoms with E-state index in [2.05, 4.69) is 41.1 Å². The molecule has 0 radical (unpaired) electrons. The molecule has 6 aromatic rings. The van der Waals surface area contributed by atoms with E-state index in [4.69, 9.17) is 4.98 Å². The van der Waals surface area contributed by atoms with Crippen LogP contribution in [0, 0.1) is 5.82 Å². The van der Waals surface area contributed by atoms with Crippen molar-refractivity contribution in [3.63, 3.8) is 0 Å². The van der Waals surface area contributed by atoms with Gasteiger partial charge in [-0.2, -0.15) is 5.10 Å². The van der Waals surface area contributed by atoms with Gasteiger partial charge in [0.25, 0.3) is 0 Å². The Morgan fingerprint density at radius 1 is 0.951 bits per heavy atom. The van der Waals surface area contributed by atoms with Crippen LogP contribution >= 0.6 is 0 Å². The lowest BCUT2D eigenvalue weighted by Gasteiger charge is -2.10. The second-order valence-electron chi connectivity index (χ2n) is 10.4. The third-order valence-electron chi connectivity index (χ3n) is 6.67. The molecule has 0 aliphatic rings. The first kappa shape index (κ1) is 26.7. The zero-order chi connectivity index (χ0) is 28.7. The van der Waals surface area contributed by atoms with Gasteiger partial charge in [-0.1, -0.05) is 0 Å². The van der Waals surface area contributed by atoms with Crippen molar-refractivity contribution in [2.45, 2.75) is 13.0 Å². The summed E-state index contributed by atoms with van der Waals surface area (Å²) in [5, 5.41) is 8.20. The zero-order valence-corrected chi connectivity index (χ0v) is 23.5. The second-order valence-corrected chi connectivity index (χ2v) is 12.6. The number of pyridine rings is 3. The fourth-order valence-electron chi connectivity index (χ4n) is 4.83. The van der Waals surface area contributed by atoms with E-state index in [1.165, 1.54) is 12.1 Å². The molecule has 12 heteroatoms. The molecule has 2 N–H and O–H groups in total. The molecule has 0 saturated heterocycles. The Hall–Kier alpha value is -4.55. The smallest absolute Gasteiger partial charge is 0.181 e. The number of H-pyrrole nitrogens is 2. The topological polar surface area (TPSA) is 133 Å². The Labute approximate surface area is 235 Å². The standard InChI is InChI=1S/C29H27FN8O2S/c1-38(2)16-18-9-20(14-31-13-18)21-12-23-26(36-37-28(23)33-15-21)29-34-24-4-6-32-25(27(24)35-29)19-8-17(10-22(30)11-19)5-7-41(3,39)40/h4,6,8-15H,5,7,16H2,1-3H3,(H,34,35)(H,33,36,37). The molecule has 6 rings (SSSR count). The summed E-state index contributed by atoms with van der Waals surface area (Å²) in [4.78, 5) is 23.7. The molecular weight excluding hydrogens is 543 g/mol. The van der Waals surface area contributed by atoms with Crippen LogP contribution in [0.4, 0.5) is 4.39 Å². The van der Waals surface area contributed by atoms with E-state index in [1.54, 1.807) is 24.5 Å². The Morgan fingerprint density at radius 3 is 2.56 bits per heavy atom. The largest absolute Gasteiger partial charge is 0.337 e. The zero-order valence-electron chi connectivity index (χ0n) is 22.7. The van der Waals surface area contributed by atoms with Crippen LogP contribution in [0.5, 0.6) is 0 Å². The molecule has 5 aromatic heterocycles. The summed E-state index contributed by atoms with van der Waals surface area (Å²) in [5.74, 6) is -0.00862. The summed E-state index contributed by atoms with van der Waals surface area (Å²) in [5.41, 5.74) is 6.96. The number of hydrogen-bond acceptors (Lipinski definition) is 8. The maximum absolute atomic E-state index is 14.6. The first-order chi connectivity index (χ1) is 19.6. The van der Waals surface area contributed by atoms with E-state index in [-0.39, 0.29) is 12.2 Å². The van der Waals surface area contributed by atoms with Gasteiger partial charge in [0, 0.05) is 54.3 Å². The van der Waals surface area contributed by atoms with Crippen LogP contribution in [0.1, 0.15) is 11.1 Å². The Morgan fingerprint density at radius 2 is 1.76 bits per heavy atom. The molecular formula is C29H27FN8O2S. The third-order valence-corrected chi connectivity index (χ3v) is 7.61. The van der Waals surface area contributed by atoms with Crippen molar-refractivity contribution < 1.29 is 12.8 Å². The van der Waals surface area contributed by atoms with Crippen LogP contribution in [-0.4, -0.2) is 74.5 Å². The number of rotatable bonds is 8. The molecule has 0 atom stereocenters. The van der Waals surface area contributed by atoms with Crippen LogP contribution in [0.25, 0.3) is 56.0 Å². The maximum atomic E-state index is 14.6. The molecule has 0 fully saturated rings. The number of imidazole rings is 1. The van der Waals surface area contributed by atoms with Crippen molar-refractivity contribution in [3.8, 4) is 33.9 Å². The molecule has 10 nitrogen and oxygen atoms in total. The number of aromatic nitrogens is 7. The van der Waals surface area contributed by atoms with Gasteiger partial charge in [0.15, 0.2) is 11.5 Å². The van der Waals surface area contributed by atoms with Crippen molar-refractivity contribution in [1.29, 1.82) is 0 Å². The highest BCUT2D eigenvalue weighted by molar-refractivity contribution is 7.90. The van der Waals surface area contributed by atoms with Crippen molar-refractivity contribution >= 4 is 31.9 Å². The average Bonchev–Trinajstić information content (AvgIpc) is 3.54. The number of nitrogens with zero attached hydrogens (tertiary/aromatic N) is 6. The van der Waals surface area contributed by atoms with E-state index in [9.17, 15) is 12.8 Å². The first-order valence-electron chi connectivity index (χ1n) is 12.9. The fraction of sp³-hybridized carbons (Fsp3) is 0.207. The monoisotopic (exact) mass is 570 g/mol. The molecule has 41 heavy (non-hydrogen) atoms. The average molecular weight is 571 g/mol. The van der Waals surface area contributed by atoms with Gasteiger partial charge in [-0.05, 0) is 68.0 Å². The van der Waals surface area contributed by atoms with Crippen LogP contribution in [-0.2, 0) is 22.8 Å². The maximum Gasteiger partial charge on any atom is 0.181 e. The lowest BCUT2D eigenvalue weighted by atomic mass is 10.0. The lowest BCUT2D eigenvalue weighted by Crippen LogP contribution is -2.10. The number of nitrogens with one attached hydrogen (secondary N) is 2. The summed E-state index contributed by atoms with van der Waals surface area (Å²) in [7, 11) is 0.835. The first-order valence-corrected chi connectivity index (χ1v) is 14.9. The molecule has 0 unspecified atom stereocenters. The summed E-state index contributed by atoms with van der Waals surface area (Å²) in [6.45, 7) is 0.771. The van der Waals surface area contributed by atoms with Gasteiger partial charge in [-0.3, -0.25) is 15.1 Å². The van der Waals surface area contributed by atoms with E-state index in [0.29, 0.717) is 45.0 Å². The number of aryl methyl sites for hydroxylation is 1. The molecule has 0 saturated carbocycles. The van der Waals surface area contributed by atoms with Gasteiger partial charge in [-0.15, -0.1) is 0 Å². The van der Waals surface area contributed by atoms with E-state index < -0.39 is 15.7 Å². The molecule has 0 amide bonds. The minimum atomic E-state index is -3.19. The van der Waals surface area contributed by atoms with Gasteiger partial charge in [-0.25, -0.2) is 22.8 Å². The van der Waals surface area contributed by atoms with Crippen LogP contribution in [0.15, 0.2) is 61.2 Å². The van der Waals surface area contributed by atoms with Gasteiger partial charge >= 0.3 is 0 Å². The quantitative estimate of drug-likeness (QED) is 0.275. The molecule has 208 valence electrons. The summed E-state index contributed by atoms with van der Waals surface area (Å²) in [6.07, 6.45) is 8.43. The van der Waals surface area contributed by atoms with Gasteiger partial charge in [0.1, 0.15) is 26.9 Å². The van der Waals surface area contributed by atoms with Crippen LogP contribution < -0.4 is 0 Å². The summed E-state index contributed by atoms with van der Waals surface area (Å²) in [6, 6.07) is 10.4. The molecule has 0 aliphatic carbocycles.